The average molecular weight is 227 g/mol. The zero-order valence-corrected chi connectivity index (χ0v) is 9.73. The van der Waals surface area contributed by atoms with Gasteiger partial charge in [0.25, 0.3) is 0 Å². The molecule has 1 aliphatic rings. The van der Waals surface area contributed by atoms with E-state index < -0.39 is 5.60 Å². The van der Waals surface area contributed by atoms with Gasteiger partial charge < -0.3 is 10.2 Å². The minimum atomic E-state index is -0.598. The number of hydrogen-bond donors (Lipinski definition) is 2. The molecule has 0 radical (unpaired) electrons. The third-order valence-corrected chi connectivity index (χ3v) is 3.54. The van der Waals surface area contributed by atoms with Gasteiger partial charge in [0.15, 0.2) is 0 Å². The molecule has 0 heterocycles. The van der Waals surface area contributed by atoms with Crippen LogP contribution in [0.4, 0.5) is 0 Å². The molecule has 1 saturated carbocycles. The second-order valence-electron chi connectivity index (χ2n) is 4.53. The molecule has 1 aliphatic carbocycles. The smallest absolute Gasteiger partial charge is 0.122 e. The normalized spacial score (nSPS) is 17.9. The molecule has 3 heteroatoms. The lowest BCUT2D eigenvalue weighted by molar-refractivity contribution is 0.149. The van der Waals surface area contributed by atoms with Gasteiger partial charge >= 0.3 is 0 Å². The number of aryl methyl sites for hydroxylation is 1. The highest BCUT2D eigenvalue weighted by atomic mass is 35.5. The second-order valence-corrected chi connectivity index (χ2v) is 4.94. The maximum Gasteiger partial charge on any atom is 0.122 e. The molecule has 2 rings (SSSR count). The van der Waals surface area contributed by atoms with Crippen LogP contribution in [-0.2, 0) is 6.42 Å². The maximum atomic E-state index is 9.92. The summed E-state index contributed by atoms with van der Waals surface area (Å²) in [5.74, 6) is 0.275. The van der Waals surface area contributed by atoms with Crippen molar-refractivity contribution in [3.8, 4) is 5.75 Å². The predicted octanol–water partition coefficient (Wildman–Crippen LogP) is 2.73. The highest BCUT2D eigenvalue weighted by molar-refractivity contribution is 6.31. The number of benzene rings is 1. The first-order valence-corrected chi connectivity index (χ1v) is 5.51. The lowest BCUT2D eigenvalue weighted by Gasteiger charge is -2.15. The number of aliphatic hydroxyl groups is 1. The van der Waals surface area contributed by atoms with Gasteiger partial charge in [-0.25, -0.2) is 0 Å². The molecular formula is C12H15ClO2. The fourth-order valence-electron chi connectivity index (χ4n) is 1.79. The summed E-state index contributed by atoms with van der Waals surface area (Å²) in [5.41, 5.74) is 1.84. The highest BCUT2D eigenvalue weighted by Crippen LogP contribution is 2.42. The Hall–Kier alpha value is -0.730. The summed E-state index contributed by atoms with van der Waals surface area (Å²) < 4.78 is 0. The van der Waals surface area contributed by atoms with E-state index in [0.29, 0.717) is 11.4 Å². The molecule has 0 aliphatic heterocycles. The molecule has 1 aromatic rings. The fourth-order valence-corrected chi connectivity index (χ4v) is 2.07. The Morgan fingerprint density at radius 3 is 2.53 bits per heavy atom. The van der Waals surface area contributed by atoms with Gasteiger partial charge in [-0.15, -0.1) is 0 Å². The van der Waals surface area contributed by atoms with Crippen molar-refractivity contribution in [3.63, 3.8) is 0 Å². The van der Waals surface area contributed by atoms with Crippen LogP contribution in [-0.4, -0.2) is 15.8 Å². The SMILES string of the molecule is Cc1cc(Cl)c(C)c(CC2(O)CC2)c1O. The molecule has 2 nitrogen and oxygen atoms in total. The highest BCUT2D eigenvalue weighted by Gasteiger charge is 2.41. The molecule has 0 atom stereocenters. The predicted molar refractivity (Wildman–Crippen MR) is 60.5 cm³/mol. The molecule has 15 heavy (non-hydrogen) atoms. The van der Waals surface area contributed by atoms with E-state index in [0.717, 1.165) is 29.5 Å². The Morgan fingerprint density at radius 1 is 1.40 bits per heavy atom. The first-order chi connectivity index (χ1) is 6.93. The van der Waals surface area contributed by atoms with Gasteiger partial charge in [0.1, 0.15) is 5.75 Å². The van der Waals surface area contributed by atoms with E-state index in [4.69, 9.17) is 11.6 Å². The molecular weight excluding hydrogens is 212 g/mol. The Kier molecular flexibility index (Phi) is 2.44. The molecule has 1 aromatic carbocycles. The summed E-state index contributed by atoms with van der Waals surface area (Å²) in [6.07, 6.45) is 2.14. The van der Waals surface area contributed by atoms with E-state index >= 15 is 0 Å². The fraction of sp³-hybridized carbons (Fsp3) is 0.500. The van der Waals surface area contributed by atoms with Crippen molar-refractivity contribution in [1.29, 1.82) is 0 Å². The molecule has 82 valence electrons. The Bertz CT molecular complexity index is 382. The minimum absolute atomic E-state index is 0.275. The average Bonchev–Trinajstić information content (AvgIpc) is 2.89. The van der Waals surface area contributed by atoms with Crippen LogP contribution >= 0.6 is 11.6 Å². The largest absolute Gasteiger partial charge is 0.507 e. The van der Waals surface area contributed by atoms with E-state index in [-0.39, 0.29) is 5.75 Å². The van der Waals surface area contributed by atoms with Gasteiger partial charge in [-0.1, -0.05) is 11.6 Å². The van der Waals surface area contributed by atoms with Gasteiger partial charge in [-0.2, -0.15) is 0 Å². The maximum absolute atomic E-state index is 9.92. The van der Waals surface area contributed by atoms with Crippen LogP contribution in [0.2, 0.25) is 5.02 Å². The van der Waals surface area contributed by atoms with E-state index in [1.54, 1.807) is 6.07 Å². The van der Waals surface area contributed by atoms with Crippen LogP contribution in [0.15, 0.2) is 6.07 Å². The van der Waals surface area contributed by atoms with Crippen molar-refractivity contribution >= 4 is 11.6 Å². The van der Waals surface area contributed by atoms with E-state index in [2.05, 4.69) is 0 Å². The zero-order chi connectivity index (χ0) is 11.2. The quantitative estimate of drug-likeness (QED) is 0.814. The van der Waals surface area contributed by atoms with Gasteiger partial charge in [-0.3, -0.25) is 0 Å². The van der Waals surface area contributed by atoms with Crippen molar-refractivity contribution in [2.24, 2.45) is 0 Å². The third kappa shape index (κ3) is 1.97. The van der Waals surface area contributed by atoms with Crippen molar-refractivity contribution < 1.29 is 10.2 Å². The summed E-state index contributed by atoms with van der Waals surface area (Å²) in [6, 6.07) is 1.76. The van der Waals surface area contributed by atoms with Crippen LogP contribution in [0.1, 0.15) is 29.5 Å². The Labute approximate surface area is 94.5 Å². The number of phenols is 1. The van der Waals surface area contributed by atoms with Gasteiger partial charge in [0.05, 0.1) is 5.60 Å². The molecule has 2 N–H and O–H groups in total. The number of phenolic OH excluding ortho intramolecular Hbond substituents is 1. The number of aromatic hydroxyl groups is 1. The standard InChI is InChI=1S/C12H15ClO2/c1-7-5-10(13)8(2)9(11(7)14)6-12(15)3-4-12/h5,14-15H,3-4,6H2,1-2H3. The van der Waals surface area contributed by atoms with E-state index in [1.165, 1.54) is 0 Å². The van der Waals surface area contributed by atoms with Crippen LogP contribution in [0, 0.1) is 13.8 Å². The zero-order valence-electron chi connectivity index (χ0n) is 8.97. The lowest BCUT2D eigenvalue weighted by Crippen LogP contribution is -2.12. The first-order valence-electron chi connectivity index (χ1n) is 5.13. The molecule has 0 unspecified atom stereocenters. The molecule has 0 spiro atoms. The van der Waals surface area contributed by atoms with Crippen LogP contribution in [0.5, 0.6) is 5.75 Å². The second kappa shape index (κ2) is 3.39. The Balaban J connectivity index is 2.44. The molecule has 0 saturated heterocycles. The Morgan fingerprint density at radius 2 is 2.00 bits per heavy atom. The number of hydrogen-bond acceptors (Lipinski definition) is 2. The monoisotopic (exact) mass is 226 g/mol. The van der Waals surface area contributed by atoms with Crippen molar-refractivity contribution in [2.45, 2.75) is 38.7 Å². The van der Waals surface area contributed by atoms with Gasteiger partial charge in [0, 0.05) is 17.0 Å². The minimum Gasteiger partial charge on any atom is -0.507 e. The van der Waals surface area contributed by atoms with Gasteiger partial charge in [-0.05, 0) is 43.9 Å². The lowest BCUT2D eigenvalue weighted by atomic mass is 9.97. The van der Waals surface area contributed by atoms with Gasteiger partial charge in [0.2, 0.25) is 0 Å². The first kappa shape index (κ1) is 10.8. The van der Waals surface area contributed by atoms with Crippen molar-refractivity contribution in [1.82, 2.24) is 0 Å². The number of halogens is 1. The van der Waals surface area contributed by atoms with Crippen LogP contribution in [0.25, 0.3) is 0 Å². The number of rotatable bonds is 2. The molecule has 1 fully saturated rings. The molecule has 0 amide bonds. The molecule has 0 aromatic heterocycles. The molecule has 0 bridgehead atoms. The third-order valence-electron chi connectivity index (χ3n) is 3.15. The van der Waals surface area contributed by atoms with E-state index in [9.17, 15) is 10.2 Å². The van der Waals surface area contributed by atoms with Crippen LogP contribution in [0.3, 0.4) is 0 Å². The summed E-state index contributed by atoms with van der Waals surface area (Å²) in [5, 5.41) is 20.4. The topological polar surface area (TPSA) is 40.5 Å². The van der Waals surface area contributed by atoms with E-state index in [1.807, 2.05) is 13.8 Å². The summed E-state index contributed by atoms with van der Waals surface area (Å²) in [4.78, 5) is 0. The van der Waals surface area contributed by atoms with Crippen LogP contribution < -0.4 is 0 Å². The van der Waals surface area contributed by atoms with Crippen molar-refractivity contribution in [2.75, 3.05) is 0 Å². The van der Waals surface area contributed by atoms with Crippen molar-refractivity contribution in [3.05, 3.63) is 27.8 Å². The summed E-state index contributed by atoms with van der Waals surface area (Å²) >= 11 is 6.05. The summed E-state index contributed by atoms with van der Waals surface area (Å²) in [7, 11) is 0. The summed E-state index contributed by atoms with van der Waals surface area (Å²) in [6.45, 7) is 3.70.